The number of carbonyl (C=O) groups excluding carboxylic acids is 3. The predicted molar refractivity (Wildman–Crippen MR) is 126 cm³/mol. The van der Waals surface area contributed by atoms with Gasteiger partial charge in [0, 0.05) is 18.6 Å². The van der Waals surface area contributed by atoms with Gasteiger partial charge in [-0.05, 0) is 43.4 Å². The molecule has 4 amide bonds. The van der Waals surface area contributed by atoms with E-state index in [1.807, 2.05) is 0 Å². The summed E-state index contributed by atoms with van der Waals surface area (Å²) in [6, 6.07) is 3.69. The molecule has 5 rings (SSSR count). The molecule has 11 heteroatoms. The van der Waals surface area contributed by atoms with Crippen molar-refractivity contribution >= 4 is 23.8 Å². The molecule has 36 heavy (non-hydrogen) atoms. The Morgan fingerprint density at radius 2 is 1.83 bits per heavy atom. The number of hydrogen-bond donors (Lipinski definition) is 4. The van der Waals surface area contributed by atoms with Crippen LogP contribution in [0.2, 0.25) is 0 Å². The Bertz CT molecular complexity index is 1070. The summed E-state index contributed by atoms with van der Waals surface area (Å²) in [5.74, 6) is -2.74. The van der Waals surface area contributed by atoms with E-state index in [1.54, 1.807) is 18.2 Å². The Kier molecular flexibility index (Phi) is 6.50. The molecule has 11 nitrogen and oxygen atoms in total. The van der Waals surface area contributed by atoms with Crippen molar-refractivity contribution in [2.75, 3.05) is 19.8 Å². The topological polar surface area (TPSA) is 160 Å². The number of rotatable bonds is 7. The molecule has 4 unspecified atom stereocenters. The van der Waals surface area contributed by atoms with E-state index in [2.05, 4.69) is 10.6 Å². The lowest BCUT2D eigenvalue weighted by molar-refractivity contribution is -0.153. The number of hydrogen-bond acceptors (Lipinski definition) is 7. The van der Waals surface area contributed by atoms with Gasteiger partial charge in [-0.3, -0.25) is 24.6 Å². The fourth-order valence-corrected chi connectivity index (χ4v) is 6.38. The summed E-state index contributed by atoms with van der Waals surface area (Å²) in [6.07, 6.45) is 4.72. The molecule has 3 aliphatic heterocycles. The predicted octanol–water partition coefficient (Wildman–Crippen LogP) is 1.31. The third kappa shape index (κ3) is 4.04. The van der Waals surface area contributed by atoms with Crippen LogP contribution in [0.5, 0.6) is 11.5 Å². The number of primary amides is 1. The van der Waals surface area contributed by atoms with Crippen LogP contribution >= 0.6 is 0 Å². The van der Waals surface area contributed by atoms with Crippen LogP contribution in [0.4, 0.5) is 4.79 Å². The highest BCUT2D eigenvalue weighted by molar-refractivity contribution is 6.09. The summed E-state index contributed by atoms with van der Waals surface area (Å²) in [5, 5.41) is 16.1. The number of carboxylic acids is 1. The van der Waals surface area contributed by atoms with Gasteiger partial charge in [0.05, 0.1) is 11.8 Å². The minimum Gasteiger partial charge on any atom is -0.486 e. The summed E-state index contributed by atoms with van der Waals surface area (Å²) in [5.41, 5.74) is 4.15. The minimum atomic E-state index is -1.67. The lowest BCUT2D eigenvalue weighted by Gasteiger charge is -2.34. The van der Waals surface area contributed by atoms with Crippen LogP contribution in [0.3, 0.4) is 0 Å². The molecule has 3 fully saturated rings. The summed E-state index contributed by atoms with van der Waals surface area (Å²) in [6.45, 7) is 0.982. The van der Waals surface area contributed by atoms with Gasteiger partial charge in [0.25, 0.3) is 0 Å². The Balaban J connectivity index is 1.52. The minimum absolute atomic E-state index is 0.0440. The number of ether oxygens (including phenoxy) is 2. The summed E-state index contributed by atoms with van der Waals surface area (Å²) >= 11 is 0. The van der Waals surface area contributed by atoms with Crippen LogP contribution in [0.25, 0.3) is 0 Å². The van der Waals surface area contributed by atoms with Crippen molar-refractivity contribution in [2.24, 2.45) is 17.6 Å². The molecule has 2 saturated heterocycles. The molecule has 1 aromatic carbocycles. The van der Waals surface area contributed by atoms with E-state index >= 15 is 0 Å². The number of carboxylic acid groups (broad SMARTS) is 1. The van der Waals surface area contributed by atoms with Crippen LogP contribution in [0.1, 0.15) is 56.6 Å². The van der Waals surface area contributed by atoms with Crippen molar-refractivity contribution in [1.29, 1.82) is 0 Å². The number of likely N-dealkylation sites (tertiary alicyclic amines) is 1. The summed E-state index contributed by atoms with van der Waals surface area (Å²) in [7, 11) is 0. The third-order valence-corrected chi connectivity index (χ3v) is 7.98. The summed E-state index contributed by atoms with van der Waals surface area (Å²) in [4.78, 5) is 53.0. The zero-order valence-corrected chi connectivity index (χ0v) is 20.0. The smallest absolute Gasteiger partial charge is 0.324 e. The number of imide groups is 1. The standard InChI is InChI=1S/C25H32N4O7/c26-24(34)27-10-4-9-25(23(32)33)19-18(21(30)29(22(19)31)15-5-2-1-3-6-15)20(28-25)14-7-8-16-17(13-14)36-12-11-35-16/h7-8,13,15,18-20,28H,1-6,9-12H2,(H,32,33)(H3,26,27,34). The molecular formula is C25H32N4O7. The van der Waals surface area contributed by atoms with Gasteiger partial charge in [-0.15, -0.1) is 0 Å². The van der Waals surface area contributed by atoms with Crippen molar-refractivity contribution in [3.05, 3.63) is 23.8 Å². The molecule has 1 aliphatic carbocycles. The molecule has 0 bridgehead atoms. The molecule has 1 saturated carbocycles. The van der Waals surface area contributed by atoms with E-state index in [-0.39, 0.29) is 31.3 Å². The van der Waals surface area contributed by atoms with Crippen molar-refractivity contribution < 1.29 is 33.8 Å². The Labute approximate surface area is 208 Å². The van der Waals surface area contributed by atoms with Gasteiger partial charge in [-0.25, -0.2) is 4.79 Å². The van der Waals surface area contributed by atoms with E-state index in [0.29, 0.717) is 30.3 Å². The second kappa shape index (κ2) is 9.61. The lowest BCUT2D eigenvalue weighted by atomic mass is 9.77. The molecular weight excluding hydrogens is 468 g/mol. The van der Waals surface area contributed by atoms with Crippen LogP contribution < -0.4 is 25.8 Å². The zero-order chi connectivity index (χ0) is 25.4. The lowest BCUT2D eigenvalue weighted by Crippen LogP contribution is -2.56. The van der Waals surface area contributed by atoms with Gasteiger partial charge in [0.15, 0.2) is 11.5 Å². The quantitative estimate of drug-likeness (QED) is 0.322. The normalized spacial score (nSPS) is 29.8. The number of fused-ring (bicyclic) bond motifs is 2. The first-order valence-electron chi connectivity index (χ1n) is 12.6. The van der Waals surface area contributed by atoms with Crippen LogP contribution in [-0.2, 0) is 14.4 Å². The van der Waals surface area contributed by atoms with Gasteiger partial charge in [-0.2, -0.15) is 0 Å². The maximum absolute atomic E-state index is 13.8. The molecule has 1 aromatic rings. The van der Waals surface area contributed by atoms with Crippen LogP contribution in [0, 0.1) is 11.8 Å². The number of carbonyl (C=O) groups is 4. The average Bonchev–Trinajstić information content (AvgIpc) is 3.36. The molecule has 0 spiro atoms. The molecule has 194 valence electrons. The maximum Gasteiger partial charge on any atom is 0.324 e. The van der Waals surface area contributed by atoms with Crippen molar-refractivity contribution in [3.8, 4) is 11.5 Å². The largest absolute Gasteiger partial charge is 0.486 e. The second-order valence-electron chi connectivity index (χ2n) is 10.0. The molecule has 4 atom stereocenters. The first-order chi connectivity index (χ1) is 17.3. The highest BCUT2D eigenvalue weighted by Gasteiger charge is 2.68. The monoisotopic (exact) mass is 500 g/mol. The van der Waals surface area contributed by atoms with Crippen LogP contribution in [0.15, 0.2) is 18.2 Å². The van der Waals surface area contributed by atoms with Gasteiger partial charge in [0.1, 0.15) is 18.8 Å². The Morgan fingerprint density at radius 3 is 2.53 bits per heavy atom. The van der Waals surface area contributed by atoms with Crippen molar-refractivity contribution in [2.45, 2.75) is 62.6 Å². The number of aliphatic carboxylic acids is 1. The van der Waals surface area contributed by atoms with Crippen molar-refractivity contribution in [1.82, 2.24) is 15.5 Å². The average molecular weight is 501 g/mol. The van der Waals surface area contributed by atoms with Gasteiger partial charge in [0.2, 0.25) is 11.8 Å². The van der Waals surface area contributed by atoms with E-state index < -0.39 is 41.3 Å². The first kappa shape index (κ1) is 24.4. The molecule has 0 aromatic heterocycles. The van der Waals surface area contributed by atoms with Crippen LogP contribution in [-0.4, -0.2) is 65.2 Å². The molecule has 0 radical (unpaired) electrons. The fraction of sp³-hybridized carbons (Fsp3) is 0.600. The molecule has 5 N–H and O–H groups in total. The number of urea groups is 1. The number of benzene rings is 1. The van der Waals surface area contributed by atoms with Gasteiger partial charge < -0.3 is 25.6 Å². The number of nitrogens with one attached hydrogen (secondary N) is 2. The fourth-order valence-electron chi connectivity index (χ4n) is 6.38. The van der Waals surface area contributed by atoms with E-state index in [9.17, 15) is 24.3 Å². The van der Waals surface area contributed by atoms with E-state index in [4.69, 9.17) is 15.2 Å². The third-order valence-electron chi connectivity index (χ3n) is 7.98. The number of amides is 4. The van der Waals surface area contributed by atoms with E-state index in [1.165, 1.54) is 4.90 Å². The van der Waals surface area contributed by atoms with Gasteiger partial charge >= 0.3 is 12.0 Å². The SMILES string of the molecule is NC(=O)NCCCC1(C(=O)O)NC(c2ccc3c(c2)OCCO3)C2C(=O)N(C3CCCCC3)C(=O)C21. The Morgan fingerprint density at radius 1 is 1.11 bits per heavy atom. The highest BCUT2D eigenvalue weighted by Crippen LogP contribution is 2.52. The van der Waals surface area contributed by atoms with Crippen molar-refractivity contribution in [3.63, 3.8) is 0 Å². The Hall–Kier alpha value is -3.34. The van der Waals surface area contributed by atoms with E-state index in [0.717, 1.165) is 32.1 Å². The maximum atomic E-state index is 13.8. The zero-order valence-electron chi connectivity index (χ0n) is 20.0. The first-order valence-corrected chi connectivity index (χ1v) is 12.6. The second-order valence-corrected chi connectivity index (χ2v) is 10.0. The summed E-state index contributed by atoms with van der Waals surface area (Å²) < 4.78 is 11.3. The van der Waals surface area contributed by atoms with Gasteiger partial charge in [-0.1, -0.05) is 25.3 Å². The number of nitrogens with zero attached hydrogens (tertiary/aromatic N) is 1. The molecule has 4 aliphatic rings. The molecule has 3 heterocycles. The highest BCUT2D eigenvalue weighted by atomic mass is 16.6. The number of nitrogens with two attached hydrogens (primary N) is 1.